The van der Waals surface area contributed by atoms with Gasteiger partial charge in [0.2, 0.25) is 0 Å². The lowest BCUT2D eigenvalue weighted by Crippen LogP contribution is -2.44. The SMILES string of the molecule is CC(C)(C)OC(=O)N(C/C=C/C1CCN(c2nccc3ccc(F)cc23)CC1)C(=O)OC(C)(C)C.Cl.NC[C@H](O)[C@@H](O)C1CCN(c2nccc3ccc(F)cc23)CC1.O=c1cc(NC[C@H](O)[C@@H](O)C2CCN(c3nccc4ccc(F)cc34)CC2)c2ccccc2o1.OC/C=C/C1CCN(c2nccc3ccc(F)cc23)CC1. The maximum Gasteiger partial charge on any atom is 0.420 e. The van der Waals surface area contributed by atoms with Crippen LogP contribution in [0.4, 0.5) is 56.1 Å². The van der Waals surface area contributed by atoms with Crippen LogP contribution in [0.1, 0.15) is 92.9 Å². The number of aliphatic hydroxyl groups excluding tert-OH is 5. The second kappa shape index (κ2) is 39.8. The van der Waals surface area contributed by atoms with Crippen molar-refractivity contribution in [3.63, 3.8) is 0 Å². The lowest BCUT2D eigenvalue weighted by atomic mass is 9.88. The Morgan fingerprint density at radius 3 is 1.23 bits per heavy atom. The number of rotatable bonds is 17. The molecular weight excluding hydrogens is 1490 g/mol. The zero-order chi connectivity index (χ0) is 80.5. The summed E-state index contributed by atoms with van der Waals surface area (Å²) in [4.78, 5) is 64.6. The monoisotopic (exact) mass is 1590 g/mol. The number of piperidine rings is 4. The van der Waals surface area contributed by atoms with E-state index in [0.29, 0.717) is 56.2 Å². The van der Waals surface area contributed by atoms with Gasteiger partial charge in [-0.2, -0.15) is 0 Å². The minimum atomic E-state index is -1.01. The standard InChI is InChI=1S/C27H36FN3O4.C26H26FN3O4.C17H22FN3O2.C17H19FN2O.ClH/c1-26(2,3)34-24(32)31(25(33)35-27(4,5)6)15-7-8-19-12-16-30(17-13-19)23-22-18-21(28)10-9-20(22)11-14-29-23;27-18-6-5-16-7-10-28-26(20(16)13-18)30-11-8-17(9-12-30)25(33)22(31)15-29-21-14-24(32)34-23-4-2-1-3-19(21)23;18-13-2-1-11-3-6-20-17(14(11)9-13)21-7-4-12(5-8-21)16(23)15(22)10-19;18-15-4-3-14-5-8-19-17(16(14)12-15)20-9-6-13(7-10-20)2-1-11-21;/h7-11,14,18-19H,12-13,15-17H2,1-6H3;1-7,10,13-14,17,22,25,29,31,33H,8-9,11-12,15H2;1-3,6,9,12,15-16,22-23H,4-5,7-8,10,19H2;1-5,8,12-13,21H,6-7,9-11H2;1H/b8-7+;;;2-1+;/t;22-,25-;15-,16-;;/m.00../s1. The van der Waals surface area contributed by atoms with Crippen molar-refractivity contribution in [2.45, 2.75) is 129 Å². The van der Waals surface area contributed by atoms with Crippen LogP contribution in [0.5, 0.6) is 0 Å². The molecule has 27 heteroatoms. The maximum atomic E-state index is 13.8. The molecule has 4 saturated heterocycles. The van der Waals surface area contributed by atoms with Gasteiger partial charge in [-0.25, -0.2) is 56.8 Å². The normalized spacial score (nSPS) is 16.7. The van der Waals surface area contributed by atoms with Crippen molar-refractivity contribution in [3.8, 4) is 0 Å². The number of halogens is 5. The van der Waals surface area contributed by atoms with Gasteiger partial charge in [-0.15, -0.1) is 12.4 Å². The van der Waals surface area contributed by atoms with Crippen molar-refractivity contribution < 1.29 is 66.6 Å². The van der Waals surface area contributed by atoms with Crippen molar-refractivity contribution in [2.75, 3.05) is 104 Å². The van der Waals surface area contributed by atoms with E-state index >= 15 is 0 Å². The Morgan fingerprint density at radius 2 is 0.868 bits per heavy atom. The van der Waals surface area contributed by atoms with Crippen molar-refractivity contribution in [1.82, 2.24) is 24.8 Å². The van der Waals surface area contributed by atoms with Gasteiger partial charge in [0.1, 0.15) is 63.3 Å². The first-order valence-corrected chi connectivity index (χ1v) is 38.7. The first-order chi connectivity index (χ1) is 54.2. The molecule has 5 aromatic heterocycles. The zero-order valence-corrected chi connectivity index (χ0v) is 66.0. The Bertz CT molecular complexity index is 4950. The van der Waals surface area contributed by atoms with Gasteiger partial charge in [-0.1, -0.05) is 60.7 Å². The van der Waals surface area contributed by atoms with E-state index in [1.54, 1.807) is 109 Å². The van der Waals surface area contributed by atoms with Gasteiger partial charge in [0.25, 0.3) is 0 Å². The quantitative estimate of drug-likeness (QED) is 0.0253. The molecule has 9 heterocycles. The molecule has 608 valence electrons. The van der Waals surface area contributed by atoms with Crippen LogP contribution in [-0.4, -0.2) is 177 Å². The van der Waals surface area contributed by atoms with Crippen molar-refractivity contribution >= 4 is 108 Å². The number of ether oxygens (including phenoxy) is 2. The number of pyridine rings is 4. The zero-order valence-electron chi connectivity index (χ0n) is 65.2. The number of nitrogens with one attached hydrogen (secondary N) is 1. The Hall–Kier alpha value is -10.1. The highest BCUT2D eigenvalue weighted by Gasteiger charge is 2.34. The highest BCUT2D eigenvalue weighted by molar-refractivity contribution is 5.95. The highest BCUT2D eigenvalue weighted by atomic mass is 35.5. The average Bonchev–Trinajstić information content (AvgIpc) is 0.805. The van der Waals surface area contributed by atoms with Crippen LogP contribution >= 0.6 is 12.4 Å². The number of carbonyl (C=O) groups excluding carboxylic acids is 2. The Morgan fingerprint density at radius 1 is 0.518 bits per heavy atom. The Balaban J connectivity index is 0.000000164. The first kappa shape index (κ1) is 86.3. The minimum absolute atomic E-state index is 0. The van der Waals surface area contributed by atoms with E-state index in [1.807, 2.05) is 54.6 Å². The molecule has 8 N–H and O–H groups in total. The molecule has 22 nitrogen and oxygen atoms in total. The molecule has 4 aliphatic rings. The number of benzene rings is 5. The number of imide groups is 1. The van der Waals surface area contributed by atoms with Crippen molar-refractivity contribution in [2.24, 2.45) is 29.4 Å². The summed E-state index contributed by atoms with van der Waals surface area (Å²) in [7, 11) is 0. The van der Waals surface area contributed by atoms with Crippen LogP contribution in [-0.2, 0) is 9.47 Å². The summed E-state index contributed by atoms with van der Waals surface area (Å²) >= 11 is 0. The number of hydrogen-bond acceptors (Lipinski definition) is 21. The van der Waals surface area contributed by atoms with Gasteiger partial charge in [0.05, 0.1) is 43.3 Å². The Labute approximate surface area is 667 Å². The number of aromatic nitrogens is 4. The molecule has 0 unspecified atom stereocenters. The molecule has 0 bridgehead atoms. The summed E-state index contributed by atoms with van der Waals surface area (Å²) in [6, 6.07) is 35.0. The largest absolute Gasteiger partial charge is 0.443 e. The molecule has 14 rings (SSSR count). The summed E-state index contributed by atoms with van der Waals surface area (Å²) in [5.74, 6) is 2.85. The molecule has 4 atom stereocenters. The number of carbonyl (C=O) groups is 2. The maximum absolute atomic E-state index is 13.8. The number of allylic oxidation sites excluding steroid dienone is 2. The fraction of sp³-hybridized carbons (Fsp3) is 0.414. The molecule has 4 fully saturated rings. The molecule has 0 saturated carbocycles. The van der Waals surface area contributed by atoms with E-state index in [9.17, 15) is 52.4 Å². The van der Waals surface area contributed by atoms with Crippen LogP contribution in [0.3, 0.4) is 0 Å². The number of para-hydroxylation sites is 1. The van der Waals surface area contributed by atoms with Gasteiger partial charge in [0.15, 0.2) is 0 Å². The average molecular weight is 1590 g/mol. The number of anilines is 5. The molecular formula is C87H104ClF4N11O11. The van der Waals surface area contributed by atoms with Gasteiger partial charge in [-0.05, 0) is 223 Å². The summed E-state index contributed by atoms with van der Waals surface area (Å²) in [5, 5.41) is 61.0. The fourth-order valence-electron chi connectivity index (χ4n) is 14.9. The van der Waals surface area contributed by atoms with E-state index in [2.05, 4.69) is 50.9 Å². The lowest BCUT2D eigenvalue weighted by molar-refractivity contribution is -0.0185. The van der Waals surface area contributed by atoms with Gasteiger partial charge < -0.3 is 70.1 Å². The number of nitrogens with zero attached hydrogens (tertiary/aromatic N) is 9. The number of aliphatic hydroxyl groups is 5. The van der Waals surface area contributed by atoms with Crippen LogP contribution in [0.2, 0.25) is 0 Å². The van der Waals surface area contributed by atoms with Gasteiger partial charge in [0, 0.05) is 123 Å². The van der Waals surface area contributed by atoms with E-state index in [4.69, 9.17) is 24.7 Å². The third-order valence-corrected chi connectivity index (χ3v) is 20.8. The topological polar surface area (TPSA) is 290 Å². The second-order valence-electron chi connectivity index (χ2n) is 31.1. The fourth-order valence-corrected chi connectivity index (χ4v) is 14.9. The van der Waals surface area contributed by atoms with Gasteiger partial charge in [-0.3, -0.25) is 0 Å². The van der Waals surface area contributed by atoms with Crippen molar-refractivity contribution in [1.29, 1.82) is 0 Å². The van der Waals surface area contributed by atoms with Crippen LogP contribution in [0.25, 0.3) is 54.1 Å². The summed E-state index contributed by atoms with van der Waals surface area (Å²) in [6.07, 6.45) is 16.3. The van der Waals surface area contributed by atoms with Crippen LogP contribution in [0.15, 0.2) is 186 Å². The van der Waals surface area contributed by atoms with Crippen LogP contribution in [0, 0.1) is 46.9 Å². The molecule has 114 heavy (non-hydrogen) atoms. The summed E-state index contributed by atoms with van der Waals surface area (Å²) < 4.78 is 70.7. The third kappa shape index (κ3) is 23.1. The number of hydrogen-bond donors (Lipinski definition) is 7. The van der Waals surface area contributed by atoms with Gasteiger partial charge >= 0.3 is 17.8 Å². The Kier molecular flexibility index (Phi) is 30.1. The number of nitrogens with two attached hydrogens (primary N) is 1. The second-order valence-corrected chi connectivity index (χ2v) is 31.1. The lowest BCUT2D eigenvalue weighted by Gasteiger charge is -2.36. The first-order valence-electron chi connectivity index (χ1n) is 38.7. The molecule has 2 amide bonds. The number of fused-ring (bicyclic) bond motifs is 5. The molecule has 10 aromatic rings. The molecule has 0 radical (unpaired) electrons. The van der Waals surface area contributed by atoms with Crippen molar-refractivity contribution in [3.05, 3.63) is 210 Å². The summed E-state index contributed by atoms with van der Waals surface area (Å²) in [5.41, 5.74) is 4.49. The predicted molar refractivity (Wildman–Crippen MR) is 442 cm³/mol. The molecule has 5 aromatic carbocycles. The van der Waals surface area contributed by atoms with E-state index in [1.165, 1.54) is 48.5 Å². The van der Waals surface area contributed by atoms with E-state index in [-0.39, 0.29) is 79.7 Å². The minimum Gasteiger partial charge on any atom is -0.443 e. The predicted octanol–water partition coefficient (Wildman–Crippen LogP) is 14.7. The number of amides is 2. The third-order valence-electron chi connectivity index (χ3n) is 20.8. The smallest absolute Gasteiger partial charge is 0.420 e. The summed E-state index contributed by atoms with van der Waals surface area (Å²) in [6.45, 7) is 16.9. The highest BCUT2D eigenvalue weighted by Crippen LogP contribution is 2.36. The molecule has 4 aliphatic heterocycles. The molecule has 0 spiro atoms. The molecule has 0 aliphatic carbocycles. The van der Waals surface area contributed by atoms with E-state index in [0.717, 1.165) is 141 Å². The van der Waals surface area contributed by atoms with E-state index < -0.39 is 53.4 Å². The van der Waals surface area contributed by atoms with Crippen LogP contribution < -0.4 is 36.3 Å².